The molecule has 0 aliphatic rings. The minimum absolute atomic E-state index is 0.0691. The Morgan fingerprint density at radius 1 is 1.47 bits per heavy atom. The molecule has 0 saturated heterocycles. The van der Waals surface area contributed by atoms with Gasteiger partial charge >= 0.3 is 0 Å². The van der Waals surface area contributed by atoms with Crippen LogP contribution in [-0.2, 0) is 11.3 Å². The Bertz CT molecular complexity index is 354. The number of nitriles is 1. The van der Waals surface area contributed by atoms with E-state index in [4.69, 9.17) is 5.26 Å². The fraction of sp³-hybridized carbons (Fsp3) is 0.333. The molecule has 1 aromatic carbocycles. The van der Waals surface area contributed by atoms with Crippen LogP contribution in [0.15, 0.2) is 30.3 Å². The van der Waals surface area contributed by atoms with Crippen molar-refractivity contribution in [2.75, 3.05) is 0 Å². The molecule has 0 aliphatic heterocycles. The molecule has 0 spiro atoms. The Hall–Kier alpha value is -1.82. The van der Waals surface area contributed by atoms with Gasteiger partial charge in [-0.2, -0.15) is 5.26 Å². The van der Waals surface area contributed by atoms with Gasteiger partial charge in [0, 0.05) is 18.9 Å². The minimum Gasteiger partial charge on any atom is -0.352 e. The Labute approximate surface area is 89.7 Å². The molecule has 0 heterocycles. The zero-order valence-corrected chi connectivity index (χ0v) is 8.73. The Kier molecular flexibility index (Phi) is 4.36. The molecule has 1 unspecified atom stereocenters. The third-order valence-electron chi connectivity index (χ3n) is 2.15. The van der Waals surface area contributed by atoms with Crippen molar-refractivity contribution in [3.63, 3.8) is 0 Å². The molecule has 1 aromatic rings. The monoisotopic (exact) mass is 202 g/mol. The summed E-state index contributed by atoms with van der Waals surface area (Å²) in [6.45, 7) is 2.28. The quantitative estimate of drug-likeness (QED) is 0.810. The van der Waals surface area contributed by atoms with Gasteiger partial charge in [0.15, 0.2) is 0 Å². The predicted octanol–water partition coefficient (Wildman–Crippen LogP) is 1.85. The van der Waals surface area contributed by atoms with E-state index in [1.807, 2.05) is 36.4 Å². The van der Waals surface area contributed by atoms with Gasteiger partial charge in [-0.3, -0.25) is 4.79 Å². The second-order valence-corrected chi connectivity index (χ2v) is 3.47. The van der Waals surface area contributed by atoms with Crippen LogP contribution in [0, 0.1) is 17.2 Å². The minimum atomic E-state index is -0.237. The molecule has 1 rings (SSSR count). The van der Waals surface area contributed by atoms with Gasteiger partial charge in [0.1, 0.15) is 0 Å². The van der Waals surface area contributed by atoms with Crippen molar-refractivity contribution in [2.24, 2.45) is 5.92 Å². The lowest BCUT2D eigenvalue weighted by molar-refractivity contribution is -0.124. The first-order valence-electron chi connectivity index (χ1n) is 4.92. The van der Waals surface area contributed by atoms with E-state index in [0.29, 0.717) is 6.54 Å². The number of hydrogen-bond acceptors (Lipinski definition) is 2. The number of benzene rings is 1. The topological polar surface area (TPSA) is 52.9 Å². The number of carbonyl (C=O) groups excluding carboxylic acids is 1. The average Bonchev–Trinajstić information content (AvgIpc) is 2.27. The zero-order valence-electron chi connectivity index (χ0n) is 8.73. The van der Waals surface area contributed by atoms with Gasteiger partial charge in [-0.1, -0.05) is 37.3 Å². The second-order valence-electron chi connectivity index (χ2n) is 3.47. The molecule has 78 valence electrons. The van der Waals surface area contributed by atoms with Crippen molar-refractivity contribution in [1.82, 2.24) is 5.32 Å². The third-order valence-corrected chi connectivity index (χ3v) is 2.15. The molecular formula is C12H14N2O. The van der Waals surface area contributed by atoms with Gasteiger partial charge in [0.05, 0.1) is 6.07 Å². The smallest absolute Gasteiger partial charge is 0.224 e. The maximum Gasteiger partial charge on any atom is 0.224 e. The molecule has 0 aliphatic carbocycles. The molecule has 0 saturated carbocycles. The highest BCUT2D eigenvalue weighted by molar-refractivity contribution is 5.78. The van der Waals surface area contributed by atoms with Crippen LogP contribution in [0.2, 0.25) is 0 Å². The summed E-state index contributed by atoms with van der Waals surface area (Å²) in [6, 6.07) is 11.7. The lowest BCUT2D eigenvalue weighted by Gasteiger charge is -2.08. The second kappa shape index (κ2) is 5.82. The van der Waals surface area contributed by atoms with Crippen molar-refractivity contribution in [3.8, 4) is 6.07 Å². The largest absolute Gasteiger partial charge is 0.352 e. The van der Waals surface area contributed by atoms with Crippen molar-refractivity contribution in [1.29, 1.82) is 5.26 Å². The Balaban J connectivity index is 2.38. The molecule has 3 heteroatoms. The van der Waals surface area contributed by atoms with E-state index in [1.165, 1.54) is 0 Å². The molecule has 0 radical (unpaired) electrons. The van der Waals surface area contributed by atoms with Gasteiger partial charge in [0.25, 0.3) is 0 Å². The van der Waals surface area contributed by atoms with E-state index in [-0.39, 0.29) is 18.2 Å². The summed E-state index contributed by atoms with van der Waals surface area (Å²) in [7, 11) is 0. The normalized spacial score (nSPS) is 11.5. The Morgan fingerprint density at radius 2 is 2.13 bits per heavy atom. The zero-order chi connectivity index (χ0) is 11.1. The molecule has 0 fully saturated rings. The average molecular weight is 202 g/mol. The van der Waals surface area contributed by atoms with Crippen LogP contribution < -0.4 is 5.32 Å². The lowest BCUT2D eigenvalue weighted by atomic mass is 10.1. The van der Waals surface area contributed by atoms with Gasteiger partial charge in [-0.25, -0.2) is 0 Å². The van der Waals surface area contributed by atoms with Gasteiger partial charge in [-0.05, 0) is 5.56 Å². The van der Waals surface area contributed by atoms with Crippen LogP contribution in [0.5, 0.6) is 0 Å². The van der Waals surface area contributed by atoms with Crippen molar-refractivity contribution >= 4 is 5.91 Å². The summed E-state index contributed by atoms with van der Waals surface area (Å²) < 4.78 is 0. The standard InChI is InChI=1S/C12H14N2O/c1-10(7-8-13)12(15)14-9-11-5-3-2-4-6-11/h2-6,10H,7,9H2,1H3,(H,14,15). The summed E-state index contributed by atoms with van der Waals surface area (Å²) in [5, 5.41) is 11.2. The van der Waals surface area contributed by atoms with Gasteiger partial charge < -0.3 is 5.32 Å². The molecular weight excluding hydrogens is 188 g/mol. The summed E-state index contributed by atoms with van der Waals surface area (Å²) in [5.41, 5.74) is 1.06. The molecule has 0 aromatic heterocycles. The highest BCUT2D eigenvalue weighted by atomic mass is 16.1. The first-order valence-corrected chi connectivity index (χ1v) is 4.92. The van der Waals surface area contributed by atoms with Crippen LogP contribution in [0.3, 0.4) is 0 Å². The molecule has 3 nitrogen and oxygen atoms in total. The summed E-state index contributed by atoms with van der Waals surface area (Å²) in [5.74, 6) is -0.306. The Morgan fingerprint density at radius 3 is 2.73 bits per heavy atom. The number of rotatable bonds is 4. The molecule has 15 heavy (non-hydrogen) atoms. The van der Waals surface area contributed by atoms with Crippen molar-refractivity contribution in [3.05, 3.63) is 35.9 Å². The summed E-state index contributed by atoms with van der Waals surface area (Å²) in [4.78, 5) is 11.4. The van der Waals surface area contributed by atoms with Crippen LogP contribution in [0.1, 0.15) is 18.9 Å². The number of amides is 1. The highest BCUT2D eigenvalue weighted by Crippen LogP contribution is 2.02. The third kappa shape index (κ3) is 3.82. The molecule has 1 atom stereocenters. The first-order chi connectivity index (χ1) is 7.24. The lowest BCUT2D eigenvalue weighted by Crippen LogP contribution is -2.28. The number of carbonyl (C=O) groups is 1. The van der Waals surface area contributed by atoms with E-state index in [0.717, 1.165) is 5.56 Å². The molecule has 1 N–H and O–H groups in total. The van der Waals surface area contributed by atoms with Crippen LogP contribution in [0.4, 0.5) is 0 Å². The fourth-order valence-corrected chi connectivity index (χ4v) is 1.19. The maximum absolute atomic E-state index is 11.4. The van der Waals surface area contributed by atoms with Crippen LogP contribution in [-0.4, -0.2) is 5.91 Å². The number of nitrogens with zero attached hydrogens (tertiary/aromatic N) is 1. The van der Waals surface area contributed by atoms with E-state index in [9.17, 15) is 4.79 Å². The van der Waals surface area contributed by atoms with E-state index < -0.39 is 0 Å². The summed E-state index contributed by atoms with van der Waals surface area (Å²) in [6.07, 6.45) is 0.265. The van der Waals surface area contributed by atoms with Crippen molar-refractivity contribution < 1.29 is 4.79 Å². The fourth-order valence-electron chi connectivity index (χ4n) is 1.19. The SMILES string of the molecule is CC(CC#N)C(=O)NCc1ccccc1. The van der Waals surface area contributed by atoms with Crippen LogP contribution >= 0.6 is 0 Å². The number of nitrogens with one attached hydrogen (secondary N) is 1. The first kappa shape index (κ1) is 11.3. The van der Waals surface area contributed by atoms with Gasteiger partial charge in [-0.15, -0.1) is 0 Å². The predicted molar refractivity (Wildman–Crippen MR) is 57.7 cm³/mol. The van der Waals surface area contributed by atoms with Crippen molar-refractivity contribution in [2.45, 2.75) is 19.9 Å². The van der Waals surface area contributed by atoms with E-state index >= 15 is 0 Å². The summed E-state index contributed by atoms with van der Waals surface area (Å²) >= 11 is 0. The molecule has 0 bridgehead atoms. The molecule has 1 amide bonds. The van der Waals surface area contributed by atoms with Crippen LogP contribution in [0.25, 0.3) is 0 Å². The number of hydrogen-bond donors (Lipinski definition) is 1. The highest BCUT2D eigenvalue weighted by Gasteiger charge is 2.11. The maximum atomic E-state index is 11.4. The van der Waals surface area contributed by atoms with E-state index in [1.54, 1.807) is 6.92 Å². The van der Waals surface area contributed by atoms with Gasteiger partial charge in [0.2, 0.25) is 5.91 Å². The van der Waals surface area contributed by atoms with E-state index in [2.05, 4.69) is 5.32 Å².